The summed E-state index contributed by atoms with van der Waals surface area (Å²) >= 11 is 12.1. The van der Waals surface area contributed by atoms with E-state index >= 15 is 0 Å². The number of hydrogen-bond donors (Lipinski definition) is 1. The summed E-state index contributed by atoms with van der Waals surface area (Å²) in [6.45, 7) is 3.13. The number of nitrogens with zero attached hydrogens (tertiary/aromatic N) is 1. The molecule has 0 atom stereocenters. The molecule has 1 aliphatic heterocycles. The summed E-state index contributed by atoms with van der Waals surface area (Å²) in [7, 11) is 2.17. The van der Waals surface area contributed by atoms with Gasteiger partial charge in [-0.1, -0.05) is 35.3 Å². The molecular weight excluding hydrogens is 255 g/mol. The average molecular weight is 273 g/mol. The van der Waals surface area contributed by atoms with Crippen molar-refractivity contribution >= 4 is 23.2 Å². The van der Waals surface area contributed by atoms with Crippen molar-refractivity contribution in [1.82, 2.24) is 10.2 Å². The van der Waals surface area contributed by atoms with E-state index in [-0.39, 0.29) is 0 Å². The molecule has 0 radical (unpaired) electrons. The third-order valence-electron chi connectivity index (χ3n) is 3.33. The topological polar surface area (TPSA) is 15.3 Å². The number of benzene rings is 1. The van der Waals surface area contributed by atoms with Gasteiger partial charge in [-0.15, -0.1) is 0 Å². The van der Waals surface area contributed by atoms with Gasteiger partial charge in [0.05, 0.1) is 10.0 Å². The Hall–Kier alpha value is -0.280. The molecule has 1 fully saturated rings. The van der Waals surface area contributed by atoms with Crippen LogP contribution in [0.5, 0.6) is 0 Å². The highest BCUT2D eigenvalue weighted by Gasteiger charge is 2.16. The molecular formula is C13H18Cl2N2. The Bertz CT molecular complexity index is 374. The van der Waals surface area contributed by atoms with Crippen LogP contribution < -0.4 is 5.32 Å². The van der Waals surface area contributed by atoms with Gasteiger partial charge in [0.15, 0.2) is 0 Å². The third-order valence-corrected chi connectivity index (χ3v) is 4.19. The van der Waals surface area contributed by atoms with E-state index < -0.39 is 0 Å². The molecule has 2 rings (SSSR count). The minimum absolute atomic E-state index is 0.598. The predicted molar refractivity (Wildman–Crippen MR) is 73.8 cm³/mol. The highest BCUT2D eigenvalue weighted by Crippen LogP contribution is 2.25. The summed E-state index contributed by atoms with van der Waals surface area (Å²) in [6.07, 6.45) is 2.41. The quantitative estimate of drug-likeness (QED) is 0.910. The predicted octanol–water partition coefficient (Wildman–Crippen LogP) is 3.18. The second-order valence-corrected chi connectivity index (χ2v) is 5.46. The van der Waals surface area contributed by atoms with Crippen LogP contribution in [0.4, 0.5) is 0 Å². The molecule has 1 aromatic carbocycles. The normalized spacial score (nSPS) is 18.5. The van der Waals surface area contributed by atoms with Gasteiger partial charge in [-0.2, -0.15) is 0 Å². The van der Waals surface area contributed by atoms with Crippen molar-refractivity contribution in [2.75, 3.05) is 20.1 Å². The molecule has 1 aromatic rings. The SMILES string of the molecule is CN1CCC(NCc2cccc(Cl)c2Cl)CC1. The minimum atomic E-state index is 0.598. The molecule has 0 unspecified atom stereocenters. The second-order valence-electron chi connectivity index (χ2n) is 4.67. The monoisotopic (exact) mass is 272 g/mol. The molecule has 0 saturated carbocycles. The van der Waals surface area contributed by atoms with Gasteiger partial charge in [0, 0.05) is 12.6 Å². The third kappa shape index (κ3) is 3.59. The van der Waals surface area contributed by atoms with Gasteiger partial charge in [-0.05, 0) is 44.6 Å². The van der Waals surface area contributed by atoms with Gasteiger partial charge in [0.1, 0.15) is 0 Å². The molecule has 0 amide bonds. The fourth-order valence-corrected chi connectivity index (χ4v) is 2.54. The first-order valence-corrected chi connectivity index (χ1v) is 6.77. The van der Waals surface area contributed by atoms with Gasteiger partial charge >= 0.3 is 0 Å². The summed E-state index contributed by atoms with van der Waals surface area (Å²) in [5.41, 5.74) is 1.08. The fourth-order valence-electron chi connectivity index (χ4n) is 2.15. The van der Waals surface area contributed by atoms with Crippen LogP contribution in [0.2, 0.25) is 10.0 Å². The van der Waals surface area contributed by atoms with Crippen LogP contribution in [0.25, 0.3) is 0 Å². The maximum Gasteiger partial charge on any atom is 0.0637 e. The molecule has 1 aliphatic rings. The van der Waals surface area contributed by atoms with Gasteiger partial charge < -0.3 is 10.2 Å². The summed E-state index contributed by atoms with van der Waals surface area (Å²) < 4.78 is 0. The summed E-state index contributed by atoms with van der Waals surface area (Å²) in [5, 5.41) is 4.87. The van der Waals surface area contributed by atoms with Gasteiger partial charge in [-0.25, -0.2) is 0 Å². The van der Waals surface area contributed by atoms with Crippen LogP contribution in [0.15, 0.2) is 18.2 Å². The Morgan fingerprint density at radius 3 is 2.71 bits per heavy atom. The van der Waals surface area contributed by atoms with Crippen molar-refractivity contribution in [3.8, 4) is 0 Å². The van der Waals surface area contributed by atoms with Gasteiger partial charge in [0.25, 0.3) is 0 Å². The second kappa shape index (κ2) is 6.05. The number of likely N-dealkylation sites (tertiary alicyclic amines) is 1. The number of hydrogen-bond acceptors (Lipinski definition) is 2. The highest BCUT2D eigenvalue weighted by atomic mass is 35.5. The zero-order chi connectivity index (χ0) is 12.3. The Morgan fingerprint density at radius 2 is 2.00 bits per heavy atom. The Morgan fingerprint density at radius 1 is 1.29 bits per heavy atom. The lowest BCUT2D eigenvalue weighted by Crippen LogP contribution is -2.40. The van der Waals surface area contributed by atoms with Crippen molar-refractivity contribution in [3.05, 3.63) is 33.8 Å². The molecule has 1 saturated heterocycles. The zero-order valence-corrected chi connectivity index (χ0v) is 11.6. The van der Waals surface area contributed by atoms with E-state index in [0.29, 0.717) is 16.1 Å². The Kier molecular flexibility index (Phi) is 4.69. The summed E-state index contributed by atoms with van der Waals surface area (Å²) in [5.74, 6) is 0. The van der Waals surface area contributed by atoms with E-state index in [2.05, 4.69) is 17.3 Å². The Balaban J connectivity index is 1.87. The molecule has 2 nitrogen and oxygen atoms in total. The van der Waals surface area contributed by atoms with E-state index in [1.165, 1.54) is 25.9 Å². The molecule has 0 aromatic heterocycles. The number of piperidine rings is 1. The van der Waals surface area contributed by atoms with Crippen molar-refractivity contribution in [3.63, 3.8) is 0 Å². The van der Waals surface area contributed by atoms with E-state index in [1.807, 2.05) is 18.2 Å². The largest absolute Gasteiger partial charge is 0.310 e. The molecule has 0 aliphatic carbocycles. The minimum Gasteiger partial charge on any atom is -0.310 e. The lowest BCUT2D eigenvalue weighted by Gasteiger charge is -2.29. The molecule has 0 bridgehead atoms. The molecule has 4 heteroatoms. The van der Waals surface area contributed by atoms with E-state index in [4.69, 9.17) is 23.2 Å². The standard InChI is InChI=1S/C13H18Cl2N2/c1-17-7-5-11(6-8-17)16-9-10-3-2-4-12(14)13(10)15/h2-4,11,16H,5-9H2,1H3. The maximum absolute atomic E-state index is 6.15. The van der Waals surface area contributed by atoms with Crippen molar-refractivity contribution in [2.24, 2.45) is 0 Å². The van der Waals surface area contributed by atoms with Crippen LogP contribution in [0.1, 0.15) is 18.4 Å². The number of nitrogens with one attached hydrogen (secondary N) is 1. The van der Waals surface area contributed by atoms with E-state index in [9.17, 15) is 0 Å². The first-order valence-electron chi connectivity index (χ1n) is 6.01. The first kappa shape index (κ1) is 13.2. The lowest BCUT2D eigenvalue weighted by atomic mass is 10.1. The van der Waals surface area contributed by atoms with E-state index in [0.717, 1.165) is 12.1 Å². The van der Waals surface area contributed by atoms with Gasteiger partial charge in [0.2, 0.25) is 0 Å². The fraction of sp³-hybridized carbons (Fsp3) is 0.538. The number of halogens is 2. The molecule has 94 valence electrons. The summed E-state index contributed by atoms with van der Waals surface area (Å²) in [6, 6.07) is 6.39. The molecule has 1 N–H and O–H groups in total. The Labute approximate surface area is 113 Å². The molecule has 0 spiro atoms. The maximum atomic E-state index is 6.15. The van der Waals surface area contributed by atoms with E-state index in [1.54, 1.807) is 0 Å². The van der Waals surface area contributed by atoms with Gasteiger partial charge in [-0.3, -0.25) is 0 Å². The van der Waals surface area contributed by atoms with Crippen molar-refractivity contribution < 1.29 is 0 Å². The first-order chi connectivity index (χ1) is 8.16. The summed E-state index contributed by atoms with van der Waals surface area (Å²) in [4.78, 5) is 2.37. The highest BCUT2D eigenvalue weighted by molar-refractivity contribution is 6.42. The molecule has 17 heavy (non-hydrogen) atoms. The lowest BCUT2D eigenvalue weighted by molar-refractivity contribution is 0.234. The van der Waals surface area contributed by atoms with Crippen LogP contribution in [-0.2, 0) is 6.54 Å². The van der Waals surface area contributed by atoms with Crippen LogP contribution in [0, 0.1) is 0 Å². The van der Waals surface area contributed by atoms with Crippen LogP contribution in [0.3, 0.4) is 0 Å². The number of rotatable bonds is 3. The van der Waals surface area contributed by atoms with Crippen molar-refractivity contribution in [1.29, 1.82) is 0 Å². The zero-order valence-electron chi connectivity index (χ0n) is 10.0. The molecule has 1 heterocycles. The smallest absolute Gasteiger partial charge is 0.0637 e. The van der Waals surface area contributed by atoms with Crippen molar-refractivity contribution in [2.45, 2.75) is 25.4 Å². The van der Waals surface area contributed by atoms with Crippen LogP contribution >= 0.6 is 23.2 Å². The average Bonchev–Trinajstić information content (AvgIpc) is 2.33. The van der Waals surface area contributed by atoms with Crippen LogP contribution in [-0.4, -0.2) is 31.1 Å².